The predicted molar refractivity (Wildman–Crippen MR) is 131 cm³/mol. The Morgan fingerprint density at radius 3 is 2.79 bits per heavy atom. The number of carbonyl (C=O) groups excluding carboxylic acids is 1. The van der Waals surface area contributed by atoms with Gasteiger partial charge in [0.2, 0.25) is 11.9 Å². The van der Waals surface area contributed by atoms with E-state index in [1.54, 1.807) is 25.6 Å². The summed E-state index contributed by atoms with van der Waals surface area (Å²) in [6.07, 6.45) is 5.57. The van der Waals surface area contributed by atoms with Crippen LogP contribution in [0.4, 0.5) is 27.4 Å². The molecule has 0 bridgehead atoms. The van der Waals surface area contributed by atoms with Crippen LogP contribution in [-0.4, -0.2) is 41.1 Å². The highest BCUT2D eigenvalue weighted by molar-refractivity contribution is 5.96. The minimum absolute atomic E-state index is 0.132. The van der Waals surface area contributed by atoms with Gasteiger partial charge < -0.3 is 25.3 Å². The van der Waals surface area contributed by atoms with Gasteiger partial charge in [-0.1, -0.05) is 12.1 Å². The number of para-hydroxylation sites is 1. The number of rotatable bonds is 6. The minimum Gasteiger partial charge on any atom is -0.493 e. The molecule has 5 rings (SSSR count). The van der Waals surface area contributed by atoms with Crippen molar-refractivity contribution in [3.8, 4) is 17.0 Å². The van der Waals surface area contributed by atoms with E-state index in [9.17, 15) is 9.18 Å². The van der Waals surface area contributed by atoms with Gasteiger partial charge in [0.05, 0.1) is 30.2 Å². The maximum atomic E-state index is 14.2. The number of methoxy groups -OCH3 is 1. The summed E-state index contributed by atoms with van der Waals surface area (Å²) in [6, 6.07) is 10.7. The van der Waals surface area contributed by atoms with Crippen LogP contribution in [0, 0.1) is 5.82 Å². The highest BCUT2D eigenvalue weighted by atomic mass is 19.1. The Morgan fingerprint density at radius 2 is 2.03 bits per heavy atom. The molecule has 1 saturated heterocycles. The van der Waals surface area contributed by atoms with Crippen LogP contribution in [0.3, 0.4) is 0 Å². The minimum atomic E-state index is -0.335. The Bertz CT molecular complexity index is 1360. The smallest absolute Gasteiger partial charge is 0.227 e. The molecular weight excluding hydrogens is 435 g/mol. The lowest BCUT2D eigenvalue weighted by molar-refractivity contribution is -0.114. The molecule has 174 valence electrons. The third-order valence-corrected chi connectivity index (χ3v) is 5.90. The van der Waals surface area contributed by atoms with Crippen molar-refractivity contribution in [3.05, 3.63) is 54.6 Å². The summed E-state index contributed by atoms with van der Waals surface area (Å²) in [5.74, 6) is 0.356. The standard InChI is InChI=1S/C25H25FN6O2/c1-15(33)29-20-12-16(8-9-21(20)32-10-3-4-11-32)30-25-28-14-22(34-2)24(31-25)18-13-27-23-17(18)6-5-7-19(23)26/h5-9,12-14,27H,3-4,10-11H2,1-2H3,(H,29,33)(H,28,30,31). The molecule has 2 aromatic carbocycles. The zero-order valence-electron chi connectivity index (χ0n) is 19.0. The molecule has 1 aliphatic heterocycles. The third-order valence-electron chi connectivity index (χ3n) is 5.90. The number of hydrogen-bond acceptors (Lipinski definition) is 6. The Morgan fingerprint density at radius 1 is 1.21 bits per heavy atom. The van der Waals surface area contributed by atoms with Crippen LogP contribution in [0.5, 0.6) is 5.75 Å². The fourth-order valence-electron chi connectivity index (χ4n) is 4.35. The largest absolute Gasteiger partial charge is 0.493 e. The highest BCUT2D eigenvalue weighted by Gasteiger charge is 2.19. The molecule has 1 aliphatic rings. The maximum Gasteiger partial charge on any atom is 0.227 e. The Balaban J connectivity index is 1.50. The van der Waals surface area contributed by atoms with Gasteiger partial charge >= 0.3 is 0 Å². The number of H-pyrrole nitrogens is 1. The van der Waals surface area contributed by atoms with Crippen molar-refractivity contribution in [1.29, 1.82) is 0 Å². The number of aromatic amines is 1. The average molecular weight is 461 g/mol. The molecule has 9 heteroatoms. The van der Waals surface area contributed by atoms with Crippen molar-refractivity contribution < 1.29 is 13.9 Å². The summed E-state index contributed by atoms with van der Waals surface area (Å²) in [4.78, 5) is 26.1. The first-order valence-corrected chi connectivity index (χ1v) is 11.1. The SMILES string of the molecule is COc1cnc(Nc2ccc(N3CCCC3)c(NC(C)=O)c2)nc1-c1c[nH]c2c(F)cccc12. The van der Waals surface area contributed by atoms with E-state index in [4.69, 9.17) is 4.74 Å². The summed E-state index contributed by atoms with van der Waals surface area (Å²) in [6.45, 7) is 3.43. The number of ether oxygens (including phenoxy) is 1. The molecular formula is C25H25FN6O2. The van der Waals surface area contributed by atoms with Gasteiger partial charge in [0.25, 0.3) is 0 Å². The first-order valence-electron chi connectivity index (χ1n) is 11.1. The first kappa shape index (κ1) is 21.7. The van der Waals surface area contributed by atoms with Gasteiger partial charge in [0, 0.05) is 42.8 Å². The lowest BCUT2D eigenvalue weighted by Crippen LogP contribution is -2.20. The second kappa shape index (κ2) is 9.01. The van der Waals surface area contributed by atoms with Gasteiger partial charge in [0.15, 0.2) is 5.75 Å². The molecule has 0 unspecified atom stereocenters. The number of hydrogen-bond donors (Lipinski definition) is 3. The van der Waals surface area contributed by atoms with Gasteiger partial charge in [-0.25, -0.2) is 14.4 Å². The van der Waals surface area contributed by atoms with E-state index < -0.39 is 0 Å². The predicted octanol–water partition coefficient (Wildman–Crippen LogP) is 5.07. The molecule has 34 heavy (non-hydrogen) atoms. The van der Waals surface area contributed by atoms with Crippen LogP contribution in [0.2, 0.25) is 0 Å². The molecule has 1 amide bonds. The number of carbonyl (C=O) groups is 1. The molecule has 0 radical (unpaired) electrons. The number of amides is 1. The van der Waals surface area contributed by atoms with E-state index in [2.05, 4.69) is 30.5 Å². The first-order chi connectivity index (χ1) is 16.5. The molecule has 4 aromatic rings. The van der Waals surface area contributed by atoms with Crippen LogP contribution < -0.4 is 20.3 Å². The number of aromatic nitrogens is 3. The van der Waals surface area contributed by atoms with E-state index in [1.807, 2.05) is 24.3 Å². The van der Waals surface area contributed by atoms with Crippen molar-refractivity contribution in [2.45, 2.75) is 19.8 Å². The van der Waals surface area contributed by atoms with Gasteiger partial charge in [-0.2, -0.15) is 0 Å². The van der Waals surface area contributed by atoms with Crippen molar-refractivity contribution >= 4 is 39.8 Å². The summed E-state index contributed by atoms with van der Waals surface area (Å²) in [5, 5.41) is 6.85. The molecule has 0 saturated carbocycles. The Hall–Kier alpha value is -4.14. The fraction of sp³-hybridized carbons (Fsp3) is 0.240. The quantitative estimate of drug-likeness (QED) is 0.372. The third kappa shape index (κ3) is 4.12. The zero-order chi connectivity index (χ0) is 23.7. The second-order valence-corrected chi connectivity index (χ2v) is 8.21. The lowest BCUT2D eigenvalue weighted by atomic mass is 10.1. The number of halogens is 1. The molecule has 0 atom stereocenters. The number of fused-ring (bicyclic) bond motifs is 1. The van der Waals surface area contributed by atoms with Crippen LogP contribution in [0.1, 0.15) is 19.8 Å². The lowest BCUT2D eigenvalue weighted by Gasteiger charge is -2.22. The topological polar surface area (TPSA) is 95.2 Å². The summed E-state index contributed by atoms with van der Waals surface area (Å²) < 4.78 is 19.7. The molecule has 1 fully saturated rings. The fourth-order valence-corrected chi connectivity index (χ4v) is 4.35. The van der Waals surface area contributed by atoms with E-state index in [0.29, 0.717) is 33.9 Å². The summed E-state index contributed by atoms with van der Waals surface area (Å²) in [7, 11) is 1.54. The second-order valence-electron chi connectivity index (χ2n) is 8.21. The van der Waals surface area contributed by atoms with Crippen molar-refractivity contribution in [1.82, 2.24) is 15.0 Å². The van der Waals surface area contributed by atoms with Crippen LogP contribution >= 0.6 is 0 Å². The Labute approximate surface area is 196 Å². The number of benzene rings is 2. The van der Waals surface area contributed by atoms with Gasteiger partial charge in [-0.3, -0.25) is 4.79 Å². The Kier molecular flexibility index (Phi) is 5.75. The van der Waals surface area contributed by atoms with E-state index in [0.717, 1.165) is 43.0 Å². The number of nitrogens with zero attached hydrogens (tertiary/aromatic N) is 3. The molecule has 8 nitrogen and oxygen atoms in total. The van der Waals surface area contributed by atoms with Crippen molar-refractivity contribution in [2.24, 2.45) is 0 Å². The molecule has 3 N–H and O–H groups in total. The summed E-state index contributed by atoms with van der Waals surface area (Å²) in [5.41, 5.74) is 4.11. The van der Waals surface area contributed by atoms with Gasteiger partial charge in [-0.15, -0.1) is 0 Å². The van der Waals surface area contributed by atoms with Crippen LogP contribution in [0.25, 0.3) is 22.2 Å². The maximum absolute atomic E-state index is 14.2. The molecule has 0 aliphatic carbocycles. The average Bonchev–Trinajstić information content (AvgIpc) is 3.50. The monoisotopic (exact) mass is 460 g/mol. The van der Waals surface area contributed by atoms with Crippen molar-refractivity contribution in [3.63, 3.8) is 0 Å². The van der Waals surface area contributed by atoms with E-state index in [1.165, 1.54) is 13.0 Å². The van der Waals surface area contributed by atoms with E-state index >= 15 is 0 Å². The molecule has 2 aromatic heterocycles. The molecule has 0 spiro atoms. The van der Waals surface area contributed by atoms with E-state index in [-0.39, 0.29) is 11.7 Å². The highest BCUT2D eigenvalue weighted by Crippen LogP contribution is 2.36. The van der Waals surface area contributed by atoms with Gasteiger partial charge in [0.1, 0.15) is 11.5 Å². The van der Waals surface area contributed by atoms with Crippen molar-refractivity contribution in [2.75, 3.05) is 35.7 Å². The van der Waals surface area contributed by atoms with Gasteiger partial charge in [-0.05, 0) is 37.1 Å². The normalized spacial score (nSPS) is 13.3. The summed E-state index contributed by atoms with van der Waals surface area (Å²) >= 11 is 0. The molecule has 3 heterocycles. The van der Waals surface area contributed by atoms with Crippen LogP contribution in [0.15, 0.2) is 48.8 Å². The number of anilines is 4. The van der Waals surface area contributed by atoms with Crippen LogP contribution in [-0.2, 0) is 4.79 Å². The zero-order valence-corrected chi connectivity index (χ0v) is 19.0. The number of nitrogens with one attached hydrogen (secondary N) is 3.